The average Bonchev–Trinajstić information content (AvgIpc) is 2.29. The highest BCUT2D eigenvalue weighted by molar-refractivity contribution is 5.22. The largest absolute Gasteiger partial charge is 0.392 e. The van der Waals surface area contributed by atoms with E-state index in [1.54, 1.807) is 0 Å². The second kappa shape index (κ2) is 6.59. The minimum Gasteiger partial charge on any atom is -0.392 e. The van der Waals surface area contributed by atoms with Crippen molar-refractivity contribution in [1.82, 2.24) is 5.32 Å². The summed E-state index contributed by atoms with van der Waals surface area (Å²) in [4.78, 5) is 0. The van der Waals surface area contributed by atoms with Crippen LogP contribution < -0.4 is 5.32 Å². The minimum atomic E-state index is 0.130. The molecule has 0 bridgehead atoms. The fraction of sp³-hybridized carbons (Fsp3) is 0.538. The molecule has 0 heterocycles. The number of nitrogens with one attached hydrogen (secondary N) is 1. The lowest BCUT2D eigenvalue weighted by molar-refractivity contribution is 0.282. The molecule has 1 rings (SSSR count). The summed E-state index contributed by atoms with van der Waals surface area (Å²) in [6.07, 6.45) is 2.22. The van der Waals surface area contributed by atoms with E-state index in [0.717, 1.165) is 18.5 Å². The molecule has 2 heteroatoms. The van der Waals surface area contributed by atoms with Crippen LogP contribution in [-0.4, -0.2) is 17.7 Å². The molecule has 15 heavy (non-hydrogen) atoms. The lowest BCUT2D eigenvalue weighted by Crippen LogP contribution is -2.27. The van der Waals surface area contributed by atoms with Crippen LogP contribution in [0.2, 0.25) is 0 Å². The van der Waals surface area contributed by atoms with E-state index < -0.39 is 0 Å². The quantitative estimate of drug-likeness (QED) is 0.749. The van der Waals surface area contributed by atoms with Crippen LogP contribution in [-0.2, 0) is 13.0 Å². The summed E-state index contributed by atoms with van der Waals surface area (Å²) in [5, 5.41) is 12.4. The van der Waals surface area contributed by atoms with E-state index in [0.29, 0.717) is 6.04 Å². The molecule has 1 atom stereocenters. The molecule has 0 aliphatic rings. The van der Waals surface area contributed by atoms with E-state index >= 15 is 0 Å². The fourth-order valence-corrected chi connectivity index (χ4v) is 1.42. The molecule has 0 aromatic heterocycles. The smallest absolute Gasteiger partial charge is 0.0681 e. The van der Waals surface area contributed by atoms with Crippen molar-refractivity contribution in [2.45, 2.75) is 39.3 Å². The minimum absolute atomic E-state index is 0.130. The Hall–Kier alpha value is -0.860. The summed E-state index contributed by atoms with van der Waals surface area (Å²) in [6, 6.07) is 8.74. The summed E-state index contributed by atoms with van der Waals surface area (Å²) < 4.78 is 0. The number of aliphatic hydroxyl groups is 1. The SMILES string of the molecule is CCC(C)NCCc1ccc(CO)cc1. The van der Waals surface area contributed by atoms with Crippen LogP contribution >= 0.6 is 0 Å². The summed E-state index contributed by atoms with van der Waals surface area (Å²) in [5.74, 6) is 0. The highest BCUT2D eigenvalue weighted by Gasteiger charge is 1.97. The predicted molar refractivity (Wildman–Crippen MR) is 63.8 cm³/mol. The fourth-order valence-electron chi connectivity index (χ4n) is 1.42. The number of aliphatic hydroxyl groups excluding tert-OH is 1. The Kier molecular flexibility index (Phi) is 5.37. The van der Waals surface area contributed by atoms with Crippen molar-refractivity contribution >= 4 is 0 Å². The zero-order valence-electron chi connectivity index (χ0n) is 9.66. The number of rotatable bonds is 6. The van der Waals surface area contributed by atoms with Crippen molar-refractivity contribution in [3.63, 3.8) is 0 Å². The van der Waals surface area contributed by atoms with Gasteiger partial charge in [0.25, 0.3) is 0 Å². The van der Waals surface area contributed by atoms with Crippen LogP contribution in [0, 0.1) is 0 Å². The van der Waals surface area contributed by atoms with Crippen LogP contribution in [0.4, 0.5) is 0 Å². The molecule has 2 nitrogen and oxygen atoms in total. The molecular formula is C13H21NO. The van der Waals surface area contributed by atoms with Crippen molar-refractivity contribution in [2.75, 3.05) is 6.54 Å². The first-order valence-corrected chi connectivity index (χ1v) is 5.68. The van der Waals surface area contributed by atoms with Crippen LogP contribution in [0.5, 0.6) is 0 Å². The second-order valence-electron chi connectivity index (χ2n) is 3.99. The van der Waals surface area contributed by atoms with Crippen LogP contribution in [0.1, 0.15) is 31.4 Å². The van der Waals surface area contributed by atoms with Gasteiger partial charge in [0.05, 0.1) is 6.61 Å². The van der Waals surface area contributed by atoms with E-state index in [9.17, 15) is 0 Å². The molecule has 1 aromatic carbocycles. The second-order valence-corrected chi connectivity index (χ2v) is 3.99. The molecule has 2 N–H and O–H groups in total. The lowest BCUT2D eigenvalue weighted by Gasteiger charge is -2.10. The normalized spacial score (nSPS) is 12.7. The third-order valence-electron chi connectivity index (χ3n) is 2.72. The Balaban J connectivity index is 2.31. The lowest BCUT2D eigenvalue weighted by atomic mass is 10.1. The molecule has 0 spiro atoms. The monoisotopic (exact) mass is 207 g/mol. The summed E-state index contributed by atoms with van der Waals surface area (Å²) in [7, 11) is 0. The van der Waals surface area contributed by atoms with Crippen LogP contribution in [0.15, 0.2) is 24.3 Å². The highest BCUT2D eigenvalue weighted by atomic mass is 16.3. The van der Waals surface area contributed by atoms with Crippen LogP contribution in [0.3, 0.4) is 0 Å². The summed E-state index contributed by atoms with van der Waals surface area (Å²) in [6.45, 7) is 5.54. The van der Waals surface area contributed by atoms with E-state index in [-0.39, 0.29) is 6.61 Å². The molecule has 0 amide bonds. The zero-order valence-corrected chi connectivity index (χ0v) is 9.66. The maximum atomic E-state index is 8.90. The molecule has 0 radical (unpaired) electrons. The van der Waals surface area contributed by atoms with Gasteiger partial charge >= 0.3 is 0 Å². The van der Waals surface area contributed by atoms with Gasteiger partial charge in [-0.1, -0.05) is 31.2 Å². The van der Waals surface area contributed by atoms with E-state index in [2.05, 4.69) is 31.3 Å². The average molecular weight is 207 g/mol. The Bertz CT molecular complexity index is 268. The summed E-state index contributed by atoms with van der Waals surface area (Å²) in [5.41, 5.74) is 2.30. The number of hydrogen-bond donors (Lipinski definition) is 2. The Morgan fingerprint density at radius 2 is 1.80 bits per heavy atom. The first-order valence-electron chi connectivity index (χ1n) is 5.68. The van der Waals surface area contributed by atoms with Gasteiger partial charge in [-0.25, -0.2) is 0 Å². The molecule has 0 saturated heterocycles. The maximum Gasteiger partial charge on any atom is 0.0681 e. The highest BCUT2D eigenvalue weighted by Crippen LogP contribution is 2.04. The van der Waals surface area contributed by atoms with Crippen molar-refractivity contribution in [3.05, 3.63) is 35.4 Å². The topological polar surface area (TPSA) is 32.3 Å². The Labute approximate surface area is 92.3 Å². The molecule has 84 valence electrons. The van der Waals surface area contributed by atoms with Crippen molar-refractivity contribution in [2.24, 2.45) is 0 Å². The van der Waals surface area contributed by atoms with Gasteiger partial charge < -0.3 is 10.4 Å². The van der Waals surface area contributed by atoms with Crippen molar-refractivity contribution < 1.29 is 5.11 Å². The Morgan fingerprint density at radius 3 is 2.33 bits per heavy atom. The van der Waals surface area contributed by atoms with Gasteiger partial charge in [-0.3, -0.25) is 0 Å². The molecule has 1 aromatic rings. The Morgan fingerprint density at radius 1 is 1.20 bits per heavy atom. The third-order valence-corrected chi connectivity index (χ3v) is 2.72. The molecule has 0 fully saturated rings. The molecular weight excluding hydrogens is 186 g/mol. The summed E-state index contributed by atoms with van der Waals surface area (Å²) >= 11 is 0. The molecule has 1 unspecified atom stereocenters. The van der Waals surface area contributed by atoms with E-state index in [1.165, 1.54) is 12.0 Å². The van der Waals surface area contributed by atoms with Gasteiger partial charge in [0.15, 0.2) is 0 Å². The third kappa shape index (κ3) is 4.45. The first-order chi connectivity index (χ1) is 7.26. The number of hydrogen-bond acceptors (Lipinski definition) is 2. The van der Waals surface area contributed by atoms with Gasteiger partial charge in [0.1, 0.15) is 0 Å². The molecule has 0 aliphatic carbocycles. The van der Waals surface area contributed by atoms with Crippen molar-refractivity contribution in [1.29, 1.82) is 0 Å². The van der Waals surface area contributed by atoms with Gasteiger partial charge in [0.2, 0.25) is 0 Å². The van der Waals surface area contributed by atoms with Crippen LogP contribution in [0.25, 0.3) is 0 Å². The van der Waals surface area contributed by atoms with Gasteiger partial charge in [-0.15, -0.1) is 0 Å². The molecule has 0 aliphatic heterocycles. The van der Waals surface area contributed by atoms with Gasteiger partial charge in [0, 0.05) is 6.04 Å². The van der Waals surface area contributed by atoms with E-state index in [1.807, 2.05) is 12.1 Å². The number of benzene rings is 1. The van der Waals surface area contributed by atoms with Gasteiger partial charge in [-0.05, 0) is 37.4 Å². The predicted octanol–water partition coefficient (Wildman–Crippen LogP) is 2.11. The standard InChI is InChI=1S/C13H21NO/c1-3-11(2)14-9-8-12-4-6-13(10-15)7-5-12/h4-7,11,14-15H,3,8-10H2,1-2H3. The first kappa shape index (κ1) is 12.2. The van der Waals surface area contributed by atoms with Crippen molar-refractivity contribution in [3.8, 4) is 0 Å². The van der Waals surface area contributed by atoms with E-state index in [4.69, 9.17) is 5.11 Å². The van der Waals surface area contributed by atoms with Gasteiger partial charge in [-0.2, -0.15) is 0 Å². The zero-order chi connectivity index (χ0) is 11.1. The maximum absolute atomic E-state index is 8.90. The molecule has 0 saturated carbocycles.